The molecule has 0 unspecified atom stereocenters. The normalized spacial score (nSPS) is 11.7. The summed E-state index contributed by atoms with van der Waals surface area (Å²) in [6.07, 6.45) is 0. The Morgan fingerprint density at radius 1 is 1.16 bits per heavy atom. The second-order valence-electron chi connectivity index (χ2n) is 4.72. The van der Waals surface area contributed by atoms with Gasteiger partial charge in [-0.2, -0.15) is 0 Å². The third-order valence-electron chi connectivity index (χ3n) is 3.22. The third-order valence-corrected chi connectivity index (χ3v) is 4.44. The maximum Gasteiger partial charge on any atom is 0.0931 e. The van der Waals surface area contributed by atoms with E-state index in [1.807, 2.05) is 6.07 Å². The lowest BCUT2D eigenvalue weighted by Crippen LogP contribution is -2.35. The van der Waals surface area contributed by atoms with Crippen LogP contribution >= 0.6 is 22.9 Å². The molecule has 1 rings (SSSR count). The van der Waals surface area contributed by atoms with Gasteiger partial charge in [0.1, 0.15) is 0 Å². The van der Waals surface area contributed by atoms with Gasteiger partial charge in [-0.15, -0.1) is 11.3 Å². The van der Waals surface area contributed by atoms with Gasteiger partial charge < -0.3 is 15.1 Å². The molecule has 0 atom stereocenters. The van der Waals surface area contributed by atoms with Crippen molar-refractivity contribution in [2.24, 2.45) is 0 Å². The fourth-order valence-corrected chi connectivity index (χ4v) is 3.12. The minimum absolute atomic E-state index is 0.876. The lowest BCUT2D eigenvalue weighted by Gasteiger charge is -2.19. The quantitative estimate of drug-likeness (QED) is 0.671. The zero-order valence-electron chi connectivity index (χ0n) is 12.3. The van der Waals surface area contributed by atoms with E-state index in [0.29, 0.717) is 0 Å². The van der Waals surface area contributed by atoms with Crippen molar-refractivity contribution in [2.45, 2.75) is 20.4 Å². The van der Waals surface area contributed by atoms with Crippen molar-refractivity contribution in [2.75, 3.05) is 46.3 Å². The second-order valence-corrected chi connectivity index (χ2v) is 6.52. The van der Waals surface area contributed by atoms with E-state index in [-0.39, 0.29) is 0 Å². The Labute approximate surface area is 126 Å². The maximum atomic E-state index is 5.93. The van der Waals surface area contributed by atoms with Crippen LogP contribution in [0.15, 0.2) is 12.1 Å². The van der Waals surface area contributed by atoms with Gasteiger partial charge in [-0.1, -0.05) is 25.4 Å². The zero-order valence-corrected chi connectivity index (χ0v) is 13.9. The van der Waals surface area contributed by atoms with Crippen LogP contribution in [0.4, 0.5) is 0 Å². The van der Waals surface area contributed by atoms with Crippen molar-refractivity contribution >= 4 is 22.9 Å². The van der Waals surface area contributed by atoms with Crippen LogP contribution in [-0.4, -0.2) is 56.1 Å². The van der Waals surface area contributed by atoms with E-state index in [0.717, 1.165) is 50.1 Å². The fraction of sp³-hybridized carbons (Fsp3) is 0.714. The second kappa shape index (κ2) is 9.72. The van der Waals surface area contributed by atoms with E-state index < -0.39 is 0 Å². The number of nitrogens with zero attached hydrogens (tertiary/aromatic N) is 2. The Morgan fingerprint density at radius 2 is 1.84 bits per heavy atom. The van der Waals surface area contributed by atoms with Gasteiger partial charge in [0.15, 0.2) is 0 Å². The summed E-state index contributed by atoms with van der Waals surface area (Å²) in [5.74, 6) is 0. The van der Waals surface area contributed by atoms with Crippen LogP contribution < -0.4 is 5.32 Å². The summed E-state index contributed by atoms with van der Waals surface area (Å²) in [7, 11) is 2.15. The molecule has 0 aliphatic rings. The summed E-state index contributed by atoms with van der Waals surface area (Å²) in [5.41, 5.74) is 0. The van der Waals surface area contributed by atoms with Crippen LogP contribution in [0.5, 0.6) is 0 Å². The predicted molar refractivity (Wildman–Crippen MR) is 86.3 cm³/mol. The Bertz CT molecular complexity index is 339. The van der Waals surface area contributed by atoms with Gasteiger partial charge in [-0.25, -0.2) is 0 Å². The SMILES string of the molecule is CCN(CC)CCNCCN(C)Cc1ccc(Cl)s1. The van der Waals surface area contributed by atoms with E-state index in [4.69, 9.17) is 11.6 Å². The first-order valence-electron chi connectivity index (χ1n) is 7.01. The number of halogens is 1. The molecule has 0 bridgehead atoms. The van der Waals surface area contributed by atoms with Gasteiger partial charge in [0.2, 0.25) is 0 Å². The summed E-state index contributed by atoms with van der Waals surface area (Å²) in [5, 5.41) is 3.50. The molecule has 5 heteroatoms. The van der Waals surface area contributed by atoms with E-state index in [2.05, 4.69) is 42.1 Å². The monoisotopic (exact) mass is 303 g/mol. The molecule has 1 aromatic heterocycles. The molecule has 1 N–H and O–H groups in total. The molecule has 1 heterocycles. The maximum absolute atomic E-state index is 5.93. The van der Waals surface area contributed by atoms with Crippen LogP contribution in [0.25, 0.3) is 0 Å². The first kappa shape index (κ1) is 16.9. The number of likely N-dealkylation sites (N-methyl/N-ethyl adjacent to an activating group) is 2. The molecule has 0 saturated carbocycles. The van der Waals surface area contributed by atoms with Gasteiger partial charge in [-0.3, -0.25) is 0 Å². The molecule has 0 aromatic carbocycles. The molecule has 0 aliphatic carbocycles. The first-order valence-corrected chi connectivity index (χ1v) is 8.21. The number of hydrogen-bond donors (Lipinski definition) is 1. The van der Waals surface area contributed by atoms with Crippen LogP contribution in [0.2, 0.25) is 4.34 Å². The molecular weight excluding hydrogens is 278 g/mol. The molecule has 0 aliphatic heterocycles. The average molecular weight is 304 g/mol. The number of thiophene rings is 1. The predicted octanol–water partition coefficient (Wildman–Crippen LogP) is 2.76. The van der Waals surface area contributed by atoms with Gasteiger partial charge in [0, 0.05) is 37.6 Å². The van der Waals surface area contributed by atoms with Gasteiger partial charge in [0.05, 0.1) is 4.34 Å². The molecule has 0 amide bonds. The summed E-state index contributed by atoms with van der Waals surface area (Å²) < 4.78 is 0.876. The van der Waals surface area contributed by atoms with E-state index >= 15 is 0 Å². The molecule has 0 saturated heterocycles. The Morgan fingerprint density at radius 3 is 2.42 bits per heavy atom. The van der Waals surface area contributed by atoms with Gasteiger partial charge in [0.25, 0.3) is 0 Å². The lowest BCUT2D eigenvalue weighted by atomic mass is 10.4. The molecule has 3 nitrogen and oxygen atoms in total. The van der Waals surface area contributed by atoms with E-state index in [1.165, 1.54) is 4.88 Å². The number of rotatable bonds is 10. The molecule has 0 spiro atoms. The minimum Gasteiger partial charge on any atom is -0.314 e. The first-order chi connectivity index (χ1) is 9.15. The minimum atomic E-state index is 0.876. The third kappa shape index (κ3) is 7.28. The van der Waals surface area contributed by atoms with Crippen LogP contribution in [0.3, 0.4) is 0 Å². The van der Waals surface area contributed by atoms with Crippen LogP contribution in [-0.2, 0) is 6.54 Å². The van der Waals surface area contributed by atoms with Crippen molar-refractivity contribution in [1.82, 2.24) is 15.1 Å². The standard InChI is InChI=1S/C14H26ClN3S/c1-4-18(5-2)11-9-16-8-10-17(3)12-13-6-7-14(15)19-13/h6-7,16H,4-5,8-12H2,1-3H3. The highest BCUT2D eigenvalue weighted by Crippen LogP contribution is 2.22. The number of nitrogens with one attached hydrogen (secondary N) is 1. The smallest absolute Gasteiger partial charge is 0.0931 e. The fourth-order valence-electron chi connectivity index (χ4n) is 1.95. The van der Waals surface area contributed by atoms with Crippen molar-refractivity contribution in [3.05, 3.63) is 21.3 Å². The molecule has 1 aromatic rings. The number of hydrogen-bond acceptors (Lipinski definition) is 4. The molecular formula is C14H26ClN3S. The van der Waals surface area contributed by atoms with Crippen LogP contribution in [0, 0.1) is 0 Å². The highest BCUT2D eigenvalue weighted by molar-refractivity contribution is 7.16. The van der Waals surface area contributed by atoms with Crippen molar-refractivity contribution in [1.29, 1.82) is 0 Å². The van der Waals surface area contributed by atoms with Gasteiger partial charge >= 0.3 is 0 Å². The Balaban J connectivity index is 2.05. The van der Waals surface area contributed by atoms with Gasteiger partial charge in [-0.05, 0) is 32.3 Å². The lowest BCUT2D eigenvalue weighted by molar-refractivity contribution is 0.291. The summed E-state index contributed by atoms with van der Waals surface area (Å²) in [6.45, 7) is 12.0. The topological polar surface area (TPSA) is 18.5 Å². The molecule has 110 valence electrons. The van der Waals surface area contributed by atoms with Crippen LogP contribution in [0.1, 0.15) is 18.7 Å². The zero-order chi connectivity index (χ0) is 14.1. The summed E-state index contributed by atoms with van der Waals surface area (Å²) in [4.78, 5) is 6.09. The van der Waals surface area contributed by atoms with E-state index in [1.54, 1.807) is 11.3 Å². The highest BCUT2D eigenvalue weighted by Gasteiger charge is 2.03. The Hall–Kier alpha value is -0.130. The van der Waals surface area contributed by atoms with Crippen molar-refractivity contribution in [3.8, 4) is 0 Å². The van der Waals surface area contributed by atoms with Crippen molar-refractivity contribution < 1.29 is 0 Å². The molecule has 0 fully saturated rings. The average Bonchev–Trinajstić information content (AvgIpc) is 2.79. The largest absolute Gasteiger partial charge is 0.314 e. The highest BCUT2D eigenvalue weighted by atomic mass is 35.5. The summed E-state index contributed by atoms with van der Waals surface area (Å²) in [6, 6.07) is 4.08. The van der Waals surface area contributed by atoms with E-state index in [9.17, 15) is 0 Å². The molecule has 19 heavy (non-hydrogen) atoms. The molecule has 0 radical (unpaired) electrons. The Kier molecular flexibility index (Phi) is 8.66. The van der Waals surface area contributed by atoms with Crippen molar-refractivity contribution in [3.63, 3.8) is 0 Å². The summed E-state index contributed by atoms with van der Waals surface area (Å²) >= 11 is 7.60.